The minimum atomic E-state index is -0.795. The van der Waals surface area contributed by atoms with E-state index in [2.05, 4.69) is 6.92 Å². The van der Waals surface area contributed by atoms with Gasteiger partial charge in [0.05, 0.1) is 21.8 Å². The van der Waals surface area contributed by atoms with Crippen molar-refractivity contribution in [3.63, 3.8) is 0 Å². The number of aliphatic hydroxyl groups is 1. The third-order valence-corrected chi connectivity index (χ3v) is 8.07. The number of rotatable bonds is 4. The Labute approximate surface area is 218 Å². The van der Waals surface area contributed by atoms with Crippen LogP contribution >= 0.6 is 11.3 Å². The van der Waals surface area contributed by atoms with Crippen molar-refractivity contribution < 1.29 is 19.4 Å². The first kappa shape index (κ1) is 23.4. The lowest BCUT2D eigenvalue weighted by atomic mass is 9.94. The highest BCUT2D eigenvalue weighted by Crippen LogP contribution is 2.45. The molecule has 6 nitrogen and oxygen atoms in total. The van der Waals surface area contributed by atoms with Crippen LogP contribution in [0, 0.1) is 6.92 Å². The van der Waals surface area contributed by atoms with E-state index in [1.54, 1.807) is 6.07 Å². The van der Waals surface area contributed by atoms with Crippen LogP contribution in [-0.2, 0) is 22.4 Å². The Morgan fingerprint density at radius 3 is 2.65 bits per heavy atom. The van der Waals surface area contributed by atoms with Crippen molar-refractivity contribution in [1.82, 2.24) is 4.98 Å². The van der Waals surface area contributed by atoms with E-state index in [1.165, 1.54) is 16.2 Å². The minimum Gasteiger partial charge on any atom is -0.507 e. The van der Waals surface area contributed by atoms with Crippen molar-refractivity contribution in [3.8, 4) is 5.75 Å². The third-order valence-electron chi connectivity index (χ3n) is 7.06. The summed E-state index contributed by atoms with van der Waals surface area (Å²) in [5.74, 6) is -0.826. The van der Waals surface area contributed by atoms with Gasteiger partial charge < -0.3 is 9.84 Å². The molecule has 7 heteroatoms. The monoisotopic (exact) mass is 510 g/mol. The molecule has 0 aliphatic carbocycles. The normalized spacial score (nSPS) is 20.5. The van der Waals surface area contributed by atoms with Crippen LogP contribution in [0.3, 0.4) is 0 Å². The number of carbonyl (C=O) groups excluding carboxylic acids is 2. The number of Topliss-reactive ketones (excluding diaryl/α,β-unsaturated/α-hetero) is 1. The fourth-order valence-electron chi connectivity index (χ4n) is 5.13. The summed E-state index contributed by atoms with van der Waals surface area (Å²) >= 11 is 1.37. The van der Waals surface area contributed by atoms with Crippen molar-refractivity contribution >= 4 is 44.1 Å². The van der Waals surface area contributed by atoms with Crippen LogP contribution in [-0.4, -0.2) is 27.9 Å². The number of ketones is 1. The molecule has 2 aliphatic rings. The maximum atomic E-state index is 13.5. The number of carbonyl (C=O) groups is 2. The molecule has 0 radical (unpaired) electrons. The molecule has 2 atom stereocenters. The van der Waals surface area contributed by atoms with Crippen molar-refractivity contribution in [2.24, 2.45) is 0 Å². The molecule has 6 rings (SSSR count). The van der Waals surface area contributed by atoms with Crippen LogP contribution in [0.15, 0.2) is 66.2 Å². The van der Waals surface area contributed by atoms with Crippen LogP contribution in [0.2, 0.25) is 0 Å². The summed E-state index contributed by atoms with van der Waals surface area (Å²) in [6.07, 6.45) is 1.64. The van der Waals surface area contributed by atoms with Crippen LogP contribution in [0.5, 0.6) is 5.75 Å². The molecule has 3 aromatic carbocycles. The molecule has 0 saturated carbocycles. The van der Waals surface area contributed by atoms with Gasteiger partial charge in [0.15, 0.2) is 5.13 Å². The molecule has 2 unspecified atom stereocenters. The maximum Gasteiger partial charge on any atom is 0.301 e. The summed E-state index contributed by atoms with van der Waals surface area (Å²) in [4.78, 5) is 33.2. The fourth-order valence-corrected chi connectivity index (χ4v) is 6.22. The molecular formula is C30H26N2O4S. The number of fused-ring (bicyclic) bond motifs is 2. The van der Waals surface area contributed by atoms with Crippen molar-refractivity contribution in [1.29, 1.82) is 0 Å². The smallest absolute Gasteiger partial charge is 0.301 e. The lowest BCUT2D eigenvalue weighted by Gasteiger charge is -2.23. The number of hydrogen-bond acceptors (Lipinski definition) is 6. The van der Waals surface area contributed by atoms with Gasteiger partial charge in [0.1, 0.15) is 17.6 Å². The van der Waals surface area contributed by atoms with Gasteiger partial charge in [-0.1, -0.05) is 48.6 Å². The standard InChI is InChI=1S/C30H26N2O4S/c1-4-18-6-8-19(9-7-18)26-25(27(33)20-10-12-23-21(15-20)14-17(3)36-23)28(34)29(35)32(26)30-31-22-11-5-16(2)13-24(22)37-30/h5-13,15,17,26,33H,4,14H2,1-3H3/b27-25-. The van der Waals surface area contributed by atoms with E-state index < -0.39 is 17.7 Å². The highest BCUT2D eigenvalue weighted by molar-refractivity contribution is 7.22. The topological polar surface area (TPSA) is 79.7 Å². The van der Waals surface area contributed by atoms with E-state index in [1.807, 2.05) is 68.4 Å². The molecule has 1 amide bonds. The van der Waals surface area contributed by atoms with Gasteiger partial charge in [-0.05, 0) is 72.9 Å². The zero-order valence-electron chi connectivity index (χ0n) is 20.8. The zero-order valence-corrected chi connectivity index (χ0v) is 21.6. The molecule has 1 fully saturated rings. The van der Waals surface area contributed by atoms with E-state index in [9.17, 15) is 14.7 Å². The summed E-state index contributed by atoms with van der Waals surface area (Å²) in [6.45, 7) is 6.07. The van der Waals surface area contributed by atoms with E-state index in [-0.39, 0.29) is 17.4 Å². The SMILES string of the molecule is CCc1ccc(C2/C(=C(/O)c3ccc4c(c3)CC(C)O4)C(=O)C(=O)N2c2nc3ccc(C)cc3s2)cc1. The molecule has 2 aliphatic heterocycles. The number of aliphatic hydroxyl groups excluding tert-OH is 1. The van der Waals surface area contributed by atoms with E-state index >= 15 is 0 Å². The molecule has 0 spiro atoms. The number of anilines is 1. The second-order valence-corrected chi connectivity index (χ2v) is 10.7. The molecule has 186 valence electrons. The number of hydrogen-bond donors (Lipinski definition) is 1. The van der Waals surface area contributed by atoms with Gasteiger partial charge in [-0.15, -0.1) is 0 Å². The maximum absolute atomic E-state index is 13.5. The average molecular weight is 511 g/mol. The highest BCUT2D eigenvalue weighted by Gasteiger charge is 2.48. The Morgan fingerprint density at radius 1 is 1.11 bits per heavy atom. The Balaban J connectivity index is 1.53. The van der Waals surface area contributed by atoms with Crippen molar-refractivity contribution in [2.75, 3.05) is 4.90 Å². The number of thiazole rings is 1. The largest absolute Gasteiger partial charge is 0.507 e. The number of aromatic nitrogens is 1. The average Bonchev–Trinajstić information content (AvgIpc) is 3.55. The Morgan fingerprint density at radius 2 is 1.89 bits per heavy atom. The summed E-state index contributed by atoms with van der Waals surface area (Å²) in [5.41, 5.74) is 5.26. The molecule has 0 bridgehead atoms. The Kier molecular flexibility index (Phi) is 5.60. The van der Waals surface area contributed by atoms with Crippen LogP contribution in [0.4, 0.5) is 5.13 Å². The van der Waals surface area contributed by atoms with E-state index in [0.29, 0.717) is 10.7 Å². The van der Waals surface area contributed by atoms with Crippen molar-refractivity contribution in [3.05, 3.63) is 94.1 Å². The first-order valence-electron chi connectivity index (χ1n) is 12.4. The van der Waals surface area contributed by atoms with Gasteiger partial charge >= 0.3 is 5.91 Å². The van der Waals surface area contributed by atoms with E-state index in [0.717, 1.165) is 51.1 Å². The Hall–Kier alpha value is -3.97. The van der Waals surface area contributed by atoms with E-state index in [4.69, 9.17) is 9.72 Å². The van der Waals surface area contributed by atoms with Crippen LogP contribution in [0.1, 0.15) is 47.7 Å². The van der Waals surface area contributed by atoms with Crippen LogP contribution < -0.4 is 9.64 Å². The van der Waals surface area contributed by atoms with Gasteiger partial charge in [-0.25, -0.2) is 4.98 Å². The van der Waals surface area contributed by atoms with Crippen LogP contribution in [0.25, 0.3) is 16.0 Å². The predicted octanol–water partition coefficient (Wildman–Crippen LogP) is 6.12. The van der Waals surface area contributed by atoms with Gasteiger partial charge in [0.2, 0.25) is 0 Å². The summed E-state index contributed by atoms with van der Waals surface area (Å²) < 4.78 is 6.73. The first-order valence-corrected chi connectivity index (χ1v) is 13.2. The molecule has 4 aromatic rings. The number of ether oxygens (including phenoxy) is 1. The third kappa shape index (κ3) is 3.90. The second kappa shape index (κ2) is 8.85. The van der Waals surface area contributed by atoms with Gasteiger partial charge in [-0.3, -0.25) is 14.5 Å². The molecule has 1 N–H and O–H groups in total. The lowest BCUT2D eigenvalue weighted by Crippen LogP contribution is -2.29. The summed E-state index contributed by atoms with van der Waals surface area (Å²) in [5, 5.41) is 11.9. The number of aryl methyl sites for hydroxylation is 2. The molecule has 1 aromatic heterocycles. The minimum absolute atomic E-state index is 0.0535. The molecule has 1 saturated heterocycles. The van der Waals surface area contributed by atoms with Gasteiger partial charge in [-0.2, -0.15) is 0 Å². The Bertz CT molecular complexity index is 1600. The number of amides is 1. The highest BCUT2D eigenvalue weighted by atomic mass is 32.1. The van der Waals surface area contributed by atoms with Gasteiger partial charge in [0, 0.05) is 12.0 Å². The molecule has 3 heterocycles. The zero-order chi connectivity index (χ0) is 25.8. The number of benzene rings is 3. The predicted molar refractivity (Wildman–Crippen MR) is 145 cm³/mol. The summed E-state index contributed by atoms with van der Waals surface area (Å²) in [7, 11) is 0. The van der Waals surface area contributed by atoms with Crippen molar-refractivity contribution in [2.45, 2.75) is 45.8 Å². The lowest BCUT2D eigenvalue weighted by molar-refractivity contribution is -0.132. The summed E-state index contributed by atoms with van der Waals surface area (Å²) in [6, 6.07) is 18.3. The van der Waals surface area contributed by atoms with Gasteiger partial charge in [0.25, 0.3) is 5.78 Å². The fraction of sp³-hybridized carbons (Fsp3) is 0.233. The molecular weight excluding hydrogens is 484 g/mol. The first-order chi connectivity index (χ1) is 17.8. The quantitative estimate of drug-likeness (QED) is 0.203. The molecule has 37 heavy (non-hydrogen) atoms. The second-order valence-electron chi connectivity index (χ2n) is 9.69. The number of nitrogens with zero attached hydrogens (tertiary/aromatic N) is 2.